The molecule has 0 aliphatic carbocycles. The van der Waals surface area contributed by atoms with E-state index in [-0.39, 0.29) is 24.4 Å². The van der Waals surface area contributed by atoms with E-state index < -0.39 is 0 Å². The Bertz CT molecular complexity index is 809. The summed E-state index contributed by atoms with van der Waals surface area (Å²) in [7, 11) is 1.63. The molecule has 1 aliphatic rings. The summed E-state index contributed by atoms with van der Waals surface area (Å²) in [5, 5.41) is 8.90. The van der Waals surface area contributed by atoms with Gasteiger partial charge in [-0.1, -0.05) is 18.2 Å². The molecule has 0 saturated carbocycles. The van der Waals surface area contributed by atoms with Gasteiger partial charge in [0.2, 0.25) is 11.8 Å². The van der Waals surface area contributed by atoms with Crippen LogP contribution < -0.4 is 20.9 Å². The van der Waals surface area contributed by atoms with Crippen molar-refractivity contribution in [1.82, 2.24) is 15.6 Å². The zero-order valence-electron chi connectivity index (χ0n) is 15.1. The summed E-state index contributed by atoms with van der Waals surface area (Å²) in [5.41, 5.74) is 1.51. The van der Waals surface area contributed by atoms with Gasteiger partial charge in [-0.2, -0.15) is 0 Å². The van der Waals surface area contributed by atoms with Crippen molar-refractivity contribution in [3.05, 3.63) is 54.9 Å². The van der Waals surface area contributed by atoms with E-state index >= 15 is 0 Å². The molecule has 8 nitrogen and oxygen atoms in total. The van der Waals surface area contributed by atoms with E-state index in [0.29, 0.717) is 24.6 Å². The molecule has 1 fully saturated rings. The minimum Gasteiger partial charge on any atom is -0.351 e. The van der Waals surface area contributed by atoms with Gasteiger partial charge < -0.3 is 20.9 Å². The molecule has 8 heteroatoms. The third-order valence-electron chi connectivity index (χ3n) is 4.12. The third-order valence-corrected chi connectivity index (χ3v) is 4.12. The average Bonchev–Trinajstić information content (AvgIpc) is 3.06. The molecule has 3 rings (SSSR count). The first kappa shape index (κ1) is 18.4. The van der Waals surface area contributed by atoms with Crippen LogP contribution in [0.25, 0.3) is 0 Å². The summed E-state index contributed by atoms with van der Waals surface area (Å²) in [6.07, 6.45) is 3.59. The molecule has 0 bridgehead atoms. The van der Waals surface area contributed by atoms with Crippen molar-refractivity contribution in [2.45, 2.75) is 12.5 Å². The second-order valence-corrected chi connectivity index (χ2v) is 6.10. The number of carbonyl (C=O) groups excluding carboxylic acids is 2. The van der Waals surface area contributed by atoms with Gasteiger partial charge in [0.05, 0.1) is 24.5 Å². The van der Waals surface area contributed by atoms with Crippen LogP contribution in [-0.2, 0) is 9.59 Å². The fourth-order valence-electron chi connectivity index (χ4n) is 2.86. The van der Waals surface area contributed by atoms with Crippen LogP contribution in [0.3, 0.4) is 0 Å². The summed E-state index contributed by atoms with van der Waals surface area (Å²) < 4.78 is 0. The second kappa shape index (κ2) is 8.79. The zero-order valence-corrected chi connectivity index (χ0v) is 15.1. The van der Waals surface area contributed by atoms with E-state index in [9.17, 15) is 9.59 Å². The first-order valence-corrected chi connectivity index (χ1v) is 8.68. The Labute approximate surface area is 157 Å². The fourth-order valence-corrected chi connectivity index (χ4v) is 2.86. The van der Waals surface area contributed by atoms with Crippen LogP contribution in [0.5, 0.6) is 0 Å². The minimum atomic E-state index is -0.209. The lowest BCUT2D eigenvalue weighted by Gasteiger charge is -2.19. The molecule has 3 N–H and O–H groups in total. The van der Waals surface area contributed by atoms with Crippen molar-refractivity contribution in [2.24, 2.45) is 4.99 Å². The number of pyridine rings is 1. The average molecular weight is 366 g/mol. The van der Waals surface area contributed by atoms with Gasteiger partial charge in [0, 0.05) is 31.9 Å². The number of benzene rings is 1. The van der Waals surface area contributed by atoms with E-state index in [2.05, 4.69) is 25.9 Å². The lowest BCUT2D eigenvalue weighted by atomic mass is 10.2. The van der Waals surface area contributed by atoms with Crippen LogP contribution in [0.15, 0.2) is 59.9 Å². The van der Waals surface area contributed by atoms with Crippen molar-refractivity contribution in [3.8, 4) is 0 Å². The van der Waals surface area contributed by atoms with Crippen LogP contribution >= 0.6 is 0 Å². The van der Waals surface area contributed by atoms with Crippen molar-refractivity contribution in [1.29, 1.82) is 0 Å². The summed E-state index contributed by atoms with van der Waals surface area (Å²) in [5.74, 6) is 0.326. The number of para-hydroxylation sites is 1. The number of aliphatic imine (C=N–C) groups is 1. The number of anilines is 2. The van der Waals surface area contributed by atoms with E-state index in [0.717, 1.165) is 5.69 Å². The first-order valence-electron chi connectivity index (χ1n) is 8.68. The van der Waals surface area contributed by atoms with Crippen molar-refractivity contribution in [3.63, 3.8) is 0 Å². The number of hydrogen-bond donors (Lipinski definition) is 3. The Morgan fingerprint density at radius 1 is 1.26 bits per heavy atom. The minimum absolute atomic E-state index is 0.0532. The standard InChI is InChI=1S/C19H22N6O2/c1-20-19(22-12-17(26)23-14-6-5-9-21-11-14)24-15-10-18(27)25(13-15)16-7-3-2-4-8-16/h2-9,11,15H,10,12-13H2,1H3,(H,23,26)(H2,20,22,24). The lowest BCUT2D eigenvalue weighted by molar-refractivity contribution is -0.117. The molecule has 1 atom stereocenters. The van der Waals surface area contributed by atoms with Gasteiger partial charge in [-0.3, -0.25) is 19.6 Å². The lowest BCUT2D eigenvalue weighted by Crippen LogP contribution is -2.46. The molecule has 2 aromatic rings. The summed E-state index contributed by atoms with van der Waals surface area (Å²) in [6.45, 7) is 0.600. The highest BCUT2D eigenvalue weighted by atomic mass is 16.2. The fraction of sp³-hybridized carbons (Fsp3) is 0.263. The molecular formula is C19H22N6O2. The monoisotopic (exact) mass is 366 g/mol. The van der Waals surface area contributed by atoms with Gasteiger partial charge >= 0.3 is 0 Å². The van der Waals surface area contributed by atoms with Crippen LogP contribution in [0.1, 0.15) is 6.42 Å². The number of nitrogens with zero attached hydrogens (tertiary/aromatic N) is 3. The predicted octanol–water partition coefficient (Wildman–Crippen LogP) is 0.991. The quantitative estimate of drug-likeness (QED) is 0.541. The summed E-state index contributed by atoms with van der Waals surface area (Å²) in [4.78, 5) is 34.1. The van der Waals surface area contributed by atoms with Gasteiger partial charge in [-0.05, 0) is 24.3 Å². The van der Waals surface area contributed by atoms with E-state index in [1.807, 2.05) is 30.3 Å². The van der Waals surface area contributed by atoms with Crippen LogP contribution in [0, 0.1) is 0 Å². The van der Waals surface area contributed by atoms with Gasteiger partial charge in [-0.15, -0.1) is 0 Å². The van der Waals surface area contributed by atoms with Gasteiger partial charge in [-0.25, -0.2) is 0 Å². The molecule has 0 radical (unpaired) electrons. The largest absolute Gasteiger partial charge is 0.351 e. The molecule has 1 saturated heterocycles. The van der Waals surface area contributed by atoms with Gasteiger partial charge in [0.25, 0.3) is 0 Å². The maximum Gasteiger partial charge on any atom is 0.243 e. The molecule has 2 amide bonds. The number of aromatic nitrogens is 1. The maximum atomic E-state index is 12.3. The van der Waals surface area contributed by atoms with E-state index in [1.165, 1.54) is 0 Å². The zero-order chi connectivity index (χ0) is 19.1. The Hall–Kier alpha value is -3.42. The summed E-state index contributed by atoms with van der Waals surface area (Å²) in [6, 6.07) is 13.0. The predicted molar refractivity (Wildman–Crippen MR) is 105 cm³/mol. The van der Waals surface area contributed by atoms with Gasteiger partial charge in [0.15, 0.2) is 5.96 Å². The smallest absolute Gasteiger partial charge is 0.243 e. The Kier molecular flexibility index (Phi) is 5.98. The summed E-state index contributed by atoms with van der Waals surface area (Å²) >= 11 is 0. The third kappa shape index (κ3) is 5.04. The second-order valence-electron chi connectivity index (χ2n) is 6.10. The molecule has 1 aromatic heterocycles. The normalized spacial score (nSPS) is 16.9. The molecular weight excluding hydrogens is 344 g/mol. The Morgan fingerprint density at radius 3 is 2.78 bits per heavy atom. The molecule has 1 aliphatic heterocycles. The Balaban J connectivity index is 1.49. The number of carbonyl (C=O) groups is 2. The number of amides is 2. The highest BCUT2D eigenvalue weighted by Gasteiger charge is 2.31. The maximum absolute atomic E-state index is 12.3. The molecule has 1 unspecified atom stereocenters. The van der Waals surface area contributed by atoms with Crippen molar-refractivity contribution < 1.29 is 9.59 Å². The van der Waals surface area contributed by atoms with E-state index in [1.54, 1.807) is 36.5 Å². The Morgan fingerprint density at radius 2 is 2.07 bits per heavy atom. The van der Waals surface area contributed by atoms with Crippen molar-refractivity contribution in [2.75, 3.05) is 30.4 Å². The number of hydrogen-bond acceptors (Lipinski definition) is 4. The van der Waals surface area contributed by atoms with E-state index in [4.69, 9.17) is 0 Å². The molecule has 27 heavy (non-hydrogen) atoms. The number of nitrogens with one attached hydrogen (secondary N) is 3. The SMILES string of the molecule is CN=C(NCC(=O)Nc1cccnc1)NC1CC(=O)N(c2ccccc2)C1. The van der Waals surface area contributed by atoms with Gasteiger partial charge in [0.1, 0.15) is 0 Å². The molecule has 1 aromatic carbocycles. The topological polar surface area (TPSA) is 98.7 Å². The molecule has 140 valence electrons. The molecule has 2 heterocycles. The molecule has 0 spiro atoms. The highest BCUT2D eigenvalue weighted by Crippen LogP contribution is 2.20. The van der Waals surface area contributed by atoms with Crippen LogP contribution in [-0.4, -0.2) is 48.9 Å². The van der Waals surface area contributed by atoms with Crippen molar-refractivity contribution >= 4 is 29.1 Å². The van der Waals surface area contributed by atoms with Crippen LogP contribution in [0.4, 0.5) is 11.4 Å². The number of guanidine groups is 1. The first-order chi connectivity index (χ1) is 13.2. The highest BCUT2D eigenvalue weighted by molar-refractivity contribution is 5.97. The van der Waals surface area contributed by atoms with Crippen LogP contribution in [0.2, 0.25) is 0 Å². The number of rotatable bonds is 5.